The van der Waals surface area contributed by atoms with Gasteiger partial charge in [0.15, 0.2) is 11.6 Å². The SMILES string of the molecule is CN(C)CCC(CSc1ccccc1)Nc1c(F)cc(S(=O)(=O)Nc2ncnc3c2CCN(C2CCN(Cc4ccccc4-c4ccc(Cl)cc4)CC2)C3)cc1F. The molecular formula is C43H48ClF2N7O2S2. The summed E-state index contributed by atoms with van der Waals surface area (Å²) in [4.78, 5) is 16.3. The molecule has 57 heavy (non-hydrogen) atoms. The molecule has 0 bridgehead atoms. The molecule has 5 aromatic rings. The number of anilines is 2. The van der Waals surface area contributed by atoms with Gasteiger partial charge in [0.05, 0.1) is 10.6 Å². The van der Waals surface area contributed by atoms with E-state index >= 15 is 8.78 Å². The summed E-state index contributed by atoms with van der Waals surface area (Å²) in [5.74, 6) is -1.26. The van der Waals surface area contributed by atoms with Crippen molar-refractivity contribution in [1.29, 1.82) is 0 Å². The summed E-state index contributed by atoms with van der Waals surface area (Å²) in [6, 6.07) is 28.1. The third-order valence-corrected chi connectivity index (χ3v) is 13.4. The monoisotopic (exact) mass is 831 g/mol. The Hall–Kier alpha value is -4.11. The van der Waals surface area contributed by atoms with Crippen molar-refractivity contribution >= 4 is 44.9 Å². The van der Waals surface area contributed by atoms with Crippen LogP contribution in [-0.4, -0.2) is 91.2 Å². The topological polar surface area (TPSA) is 93.7 Å². The van der Waals surface area contributed by atoms with Gasteiger partial charge in [-0.15, -0.1) is 11.8 Å². The maximum atomic E-state index is 15.6. The van der Waals surface area contributed by atoms with E-state index in [1.165, 1.54) is 17.5 Å². The number of rotatable bonds is 15. The molecule has 9 nitrogen and oxygen atoms in total. The lowest BCUT2D eigenvalue weighted by molar-refractivity contribution is 0.0937. The molecule has 2 N–H and O–H groups in total. The van der Waals surface area contributed by atoms with Crippen molar-refractivity contribution in [3.63, 3.8) is 0 Å². The van der Waals surface area contributed by atoms with E-state index in [0.717, 1.165) is 72.3 Å². The predicted octanol–water partition coefficient (Wildman–Crippen LogP) is 8.42. The smallest absolute Gasteiger partial charge is 0.263 e. The van der Waals surface area contributed by atoms with Gasteiger partial charge in [-0.1, -0.05) is 66.2 Å². The second-order valence-electron chi connectivity index (χ2n) is 15.0. The number of fused-ring (bicyclic) bond motifs is 1. The standard InChI is InChI=1S/C43H48ClF2N7O2S2/c1-51(2)20-16-33(28-56-35-9-4-3-5-10-35)49-42-39(45)24-36(25-40(42)46)57(54,55)50-43-38-19-23-53(27-41(38)47-29-48-43)34-17-21-52(22-18-34)26-31-8-6-7-11-37(31)30-12-14-32(44)15-13-30/h3-15,24-25,29,33-34,49H,16-23,26-28H2,1-2H3,(H,47,48,50). The largest absolute Gasteiger partial charge is 0.377 e. The molecule has 0 amide bonds. The highest BCUT2D eigenvalue weighted by Gasteiger charge is 2.31. The fraction of sp³-hybridized carbons (Fsp3) is 0.349. The average molecular weight is 832 g/mol. The van der Waals surface area contributed by atoms with Crippen LogP contribution in [0.4, 0.5) is 20.3 Å². The molecule has 300 valence electrons. The van der Waals surface area contributed by atoms with Gasteiger partial charge in [-0.25, -0.2) is 27.2 Å². The summed E-state index contributed by atoms with van der Waals surface area (Å²) in [6.45, 7) is 4.78. The molecule has 4 aromatic carbocycles. The Morgan fingerprint density at radius 3 is 2.35 bits per heavy atom. The van der Waals surface area contributed by atoms with Crippen LogP contribution in [0.25, 0.3) is 11.1 Å². The fourth-order valence-corrected chi connectivity index (χ4v) is 9.77. The number of nitrogens with one attached hydrogen (secondary N) is 2. The van der Waals surface area contributed by atoms with Crippen LogP contribution >= 0.6 is 23.4 Å². The first-order valence-corrected chi connectivity index (χ1v) is 22.1. The van der Waals surface area contributed by atoms with Crippen LogP contribution in [0, 0.1) is 11.6 Å². The van der Waals surface area contributed by atoms with Crippen molar-refractivity contribution < 1.29 is 17.2 Å². The molecule has 2 aliphatic rings. The maximum absolute atomic E-state index is 15.6. The third kappa shape index (κ3) is 10.5. The molecule has 0 aliphatic carbocycles. The zero-order valence-electron chi connectivity index (χ0n) is 32.2. The number of nitrogens with zero attached hydrogens (tertiary/aromatic N) is 5. The van der Waals surface area contributed by atoms with Gasteiger partial charge in [0.2, 0.25) is 0 Å². The number of aromatic nitrogens is 2. The lowest BCUT2D eigenvalue weighted by Gasteiger charge is -2.40. The number of likely N-dealkylation sites (tertiary alicyclic amines) is 1. The molecule has 1 fully saturated rings. The van der Waals surface area contributed by atoms with E-state index in [1.54, 1.807) is 11.8 Å². The number of hydrogen-bond acceptors (Lipinski definition) is 9. The zero-order valence-corrected chi connectivity index (χ0v) is 34.6. The number of piperidine rings is 1. The second-order valence-corrected chi connectivity index (χ2v) is 18.2. The Bertz CT molecular complexity index is 2220. The van der Waals surface area contributed by atoms with Crippen LogP contribution in [0.15, 0.2) is 107 Å². The normalized spacial score (nSPS) is 16.0. The Balaban J connectivity index is 0.972. The molecule has 1 unspecified atom stereocenters. The lowest BCUT2D eigenvalue weighted by atomic mass is 9.96. The Labute approximate surface area is 343 Å². The van der Waals surface area contributed by atoms with Gasteiger partial charge in [0.25, 0.3) is 10.0 Å². The van der Waals surface area contributed by atoms with Crippen molar-refractivity contribution in [2.45, 2.75) is 60.6 Å². The molecule has 0 radical (unpaired) electrons. The molecule has 0 spiro atoms. The molecule has 0 saturated carbocycles. The van der Waals surface area contributed by atoms with E-state index in [0.29, 0.717) is 43.3 Å². The number of benzene rings is 4. The molecular weight excluding hydrogens is 784 g/mol. The first-order chi connectivity index (χ1) is 27.5. The molecule has 7 rings (SSSR count). The Morgan fingerprint density at radius 2 is 1.63 bits per heavy atom. The van der Waals surface area contributed by atoms with E-state index in [1.807, 2.05) is 61.5 Å². The van der Waals surface area contributed by atoms with Gasteiger partial charge in [-0.2, -0.15) is 0 Å². The van der Waals surface area contributed by atoms with Gasteiger partial charge in [0, 0.05) is 53.0 Å². The van der Waals surface area contributed by atoms with E-state index in [9.17, 15) is 8.42 Å². The van der Waals surface area contributed by atoms with E-state index < -0.39 is 26.6 Å². The quantitative estimate of drug-likeness (QED) is 0.101. The van der Waals surface area contributed by atoms with Gasteiger partial charge in [-0.05, 0) is 113 Å². The number of thioether (sulfide) groups is 1. The van der Waals surface area contributed by atoms with Gasteiger partial charge in [0.1, 0.15) is 17.8 Å². The number of halogens is 3. The van der Waals surface area contributed by atoms with Crippen LogP contribution in [0.1, 0.15) is 36.1 Å². The number of sulfonamides is 1. The first kappa shape index (κ1) is 41.1. The highest BCUT2D eigenvalue weighted by Crippen LogP contribution is 2.32. The van der Waals surface area contributed by atoms with Crippen LogP contribution in [0.2, 0.25) is 5.02 Å². The lowest BCUT2D eigenvalue weighted by Crippen LogP contribution is -2.46. The third-order valence-electron chi connectivity index (χ3n) is 10.7. The van der Waals surface area contributed by atoms with Crippen molar-refractivity contribution in [3.05, 3.63) is 131 Å². The Kier molecular flexibility index (Phi) is 13.4. The maximum Gasteiger partial charge on any atom is 0.263 e. The summed E-state index contributed by atoms with van der Waals surface area (Å²) >= 11 is 7.73. The minimum Gasteiger partial charge on any atom is -0.377 e. The van der Waals surface area contributed by atoms with E-state index in [2.05, 4.69) is 66.2 Å². The fourth-order valence-electron chi connectivity index (χ4n) is 7.58. The molecule has 14 heteroatoms. The average Bonchev–Trinajstić information content (AvgIpc) is 3.21. The van der Waals surface area contributed by atoms with E-state index in [4.69, 9.17) is 11.6 Å². The molecule has 2 aliphatic heterocycles. The van der Waals surface area contributed by atoms with Crippen molar-refractivity contribution in [2.24, 2.45) is 0 Å². The molecule has 1 saturated heterocycles. The minimum absolute atomic E-state index is 0.138. The van der Waals surface area contributed by atoms with Gasteiger partial charge in [-0.3, -0.25) is 14.5 Å². The summed E-state index contributed by atoms with van der Waals surface area (Å²) < 4.78 is 60.9. The number of hydrogen-bond donors (Lipinski definition) is 2. The van der Waals surface area contributed by atoms with Crippen LogP contribution in [0.3, 0.4) is 0 Å². The first-order valence-electron chi connectivity index (χ1n) is 19.3. The summed E-state index contributed by atoms with van der Waals surface area (Å²) in [7, 11) is -0.496. The van der Waals surface area contributed by atoms with Crippen LogP contribution in [-0.2, 0) is 29.5 Å². The molecule has 1 aromatic heterocycles. The van der Waals surface area contributed by atoms with Gasteiger partial charge < -0.3 is 10.2 Å². The second kappa shape index (κ2) is 18.6. The highest BCUT2D eigenvalue weighted by molar-refractivity contribution is 7.99. The summed E-state index contributed by atoms with van der Waals surface area (Å²) in [5, 5.41) is 3.74. The van der Waals surface area contributed by atoms with Crippen molar-refractivity contribution in [1.82, 2.24) is 24.7 Å². The van der Waals surface area contributed by atoms with E-state index in [-0.39, 0.29) is 17.5 Å². The van der Waals surface area contributed by atoms with Crippen molar-refractivity contribution in [3.8, 4) is 11.1 Å². The summed E-state index contributed by atoms with van der Waals surface area (Å²) in [6.07, 6.45) is 4.53. The van der Waals surface area contributed by atoms with Crippen LogP contribution in [0.5, 0.6) is 0 Å². The van der Waals surface area contributed by atoms with Crippen LogP contribution < -0.4 is 10.0 Å². The Morgan fingerprint density at radius 1 is 0.930 bits per heavy atom. The zero-order chi connectivity index (χ0) is 39.9. The summed E-state index contributed by atoms with van der Waals surface area (Å²) in [5.41, 5.74) is 4.76. The predicted molar refractivity (Wildman–Crippen MR) is 226 cm³/mol. The van der Waals surface area contributed by atoms with Gasteiger partial charge >= 0.3 is 0 Å². The van der Waals surface area contributed by atoms with Crippen molar-refractivity contribution in [2.75, 3.05) is 56.1 Å². The minimum atomic E-state index is -4.38. The molecule has 3 heterocycles. The highest BCUT2D eigenvalue weighted by atomic mass is 35.5. The molecule has 1 atom stereocenters.